The summed E-state index contributed by atoms with van der Waals surface area (Å²) in [6, 6.07) is 1.43. The van der Waals surface area contributed by atoms with Crippen molar-refractivity contribution in [2.75, 3.05) is 6.61 Å². The molecule has 0 saturated heterocycles. The summed E-state index contributed by atoms with van der Waals surface area (Å²) in [6.45, 7) is -0.187. The molecule has 0 rings (SSSR count). The molecule has 0 heterocycles. The van der Waals surface area contributed by atoms with E-state index in [1.807, 2.05) is 0 Å². The Hall–Kier alpha value is -0.640. The van der Waals surface area contributed by atoms with Crippen LogP contribution in [0.3, 0.4) is 0 Å². The Bertz CT molecular complexity index is 240. The molecule has 0 aromatic heterocycles. The van der Waals surface area contributed by atoms with Crippen LogP contribution in [0, 0.1) is 11.3 Å². The molecule has 64 valence electrons. The van der Waals surface area contributed by atoms with E-state index in [9.17, 15) is 8.42 Å². The van der Waals surface area contributed by atoms with Crippen molar-refractivity contribution in [1.29, 1.82) is 5.26 Å². The van der Waals surface area contributed by atoms with Crippen LogP contribution in [0.25, 0.3) is 0 Å². The second-order valence-corrected chi connectivity index (χ2v) is 3.60. The van der Waals surface area contributed by atoms with E-state index in [0.717, 1.165) is 0 Å². The van der Waals surface area contributed by atoms with Crippen molar-refractivity contribution in [2.24, 2.45) is 0 Å². The maximum atomic E-state index is 10.3. The van der Waals surface area contributed by atoms with Gasteiger partial charge in [-0.25, -0.2) is 0 Å². The molecule has 0 bridgehead atoms. The van der Waals surface area contributed by atoms with E-state index >= 15 is 0 Å². The van der Waals surface area contributed by atoms with Crippen LogP contribution in [0.4, 0.5) is 0 Å². The lowest BCUT2D eigenvalue weighted by Gasteiger charge is -2.02. The van der Waals surface area contributed by atoms with Crippen molar-refractivity contribution in [1.82, 2.24) is 0 Å². The summed E-state index contributed by atoms with van der Waals surface area (Å²) in [7, 11) is -4.26. The van der Waals surface area contributed by atoms with Crippen LogP contribution in [0.15, 0.2) is 0 Å². The molecule has 0 radical (unpaired) electrons. The average molecular weight is 179 g/mol. The van der Waals surface area contributed by atoms with Gasteiger partial charge in [0.2, 0.25) is 0 Å². The van der Waals surface area contributed by atoms with Crippen LogP contribution < -0.4 is 0 Å². The first-order valence-electron chi connectivity index (χ1n) is 2.99. The Morgan fingerprint density at radius 2 is 2.09 bits per heavy atom. The maximum absolute atomic E-state index is 10.3. The lowest BCUT2D eigenvalue weighted by atomic mass is 10.2. The van der Waals surface area contributed by atoms with E-state index < -0.39 is 15.4 Å². The van der Waals surface area contributed by atoms with Gasteiger partial charge in [-0.1, -0.05) is 0 Å². The first-order valence-corrected chi connectivity index (χ1v) is 4.49. The van der Waals surface area contributed by atoms with Gasteiger partial charge in [0.15, 0.2) is 5.25 Å². The first kappa shape index (κ1) is 10.4. The van der Waals surface area contributed by atoms with Crippen LogP contribution in [0.5, 0.6) is 0 Å². The van der Waals surface area contributed by atoms with Crippen LogP contribution >= 0.6 is 0 Å². The van der Waals surface area contributed by atoms with Crippen molar-refractivity contribution in [3.05, 3.63) is 0 Å². The van der Waals surface area contributed by atoms with Gasteiger partial charge in [0.1, 0.15) is 0 Å². The summed E-state index contributed by atoms with van der Waals surface area (Å²) in [5, 5.41) is 15.1. The highest BCUT2D eigenvalue weighted by Gasteiger charge is 2.21. The fourth-order valence-electron chi connectivity index (χ4n) is 0.557. The Kier molecular flexibility index (Phi) is 4.03. The van der Waals surface area contributed by atoms with E-state index in [1.165, 1.54) is 6.07 Å². The van der Waals surface area contributed by atoms with Gasteiger partial charge < -0.3 is 5.11 Å². The lowest BCUT2D eigenvalue weighted by Crippen LogP contribution is -2.18. The second kappa shape index (κ2) is 4.28. The molecule has 5 nitrogen and oxygen atoms in total. The number of nitrogens with zero attached hydrogens (tertiary/aromatic N) is 1. The van der Waals surface area contributed by atoms with Gasteiger partial charge in [-0.05, 0) is 12.8 Å². The summed E-state index contributed by atoms with van der Waals surface area (Å²) in [5.41, 5.74) is 0. The SMILES string of the molecule is N#CC(CCCO)S(=O)(=O)O. The van der Waals surface area contributed by atoms with Gasteiger partial charge in [0.05, 0.1) is 6.07 Å². The zero-order valence-electron chi connectivity index (χ0n) is 5.77. The minimum Gasteiger partial charge on any atom is -0.396 e. The lowest BCUT2D eigenvalue weighted by molar-refractivity contribution is 0.285. The summed E-state index contributed by atoms with van der Waals surface area (Å²) >= 11 is 0. The van der Waals surface area contributed by atoms with Gasteiger partial charge in [0.25, 0.3) is 10.1 Å². The fraction of sp³-hybridized carbons (Fsp3) is 0.800. The number of hydrogen-bond acceptors (Lipinski definition) is 4. The third kappa shape index (κ3) is 3.93. The van der Waals surface area contributed by atoms with Crippen molar-refractivity contribution in [3.63, 3.8) is 0 Å². The Morgan fingerprint density at radius 1 is 1.55 bits per heavy atom. The highest BCUT2D eigenvalue weighted by Crippen LogP contribution is 2.04. The smallest absolute Gasteiger partial charge is 0.281 e. The van der Waals surface area contributed by atoms with E-state index in [4.69, 9.17) is 14.9 Å². The molecule has 11 heavy (non-hydrogen) atoms. The number of aliphatic hydroxyl groups is 1. The van der Waals surface area contributed by atoms with Crippen LogP contribution in [0.2, 0.25) is 0 Å². The van der Waals surface area contributed by atoms with Crippen molar-refractivity contribution in [2.45, 2.75) is 18.1 Å². The van der Waals surface area contributed by atoms with E-state index in [2.05, 4.69) is 0 Å². The summed E-state index contributed by atoms with van der Waals surface area (Å²) in [5.74, 6) is 0. The molecule has 0 amide bonds. The number of nitriles is 1. The third-order valence-corrected chi connectivity index (χ3v) is 2.19. The molecular formula is C5H9NO4S. The average Bonchev–Trinajstić information content (AvgIpc) is 1.87. The molecule has 0 saturated carbocycles. The van der Waals surface area contributed by atoms with Gasteiger partial charge in [-0.15, -0.1) is 0 Å². The Balaban J connectivity index is 4.12. The molecule has 0 spiro atoms. The van der Waals surface area contributed by atoms with Crippen molar-refractivity contribution in [3.8, 4) is 6.07 Å². The molecule has 6 heteroatoms. The molecular weight excluding hydrogens is 170 g/mol. The van der Waals surface area contributed by atoms with Gasteiger partial charge in [0, 0.05) is 6.61 Å². The van der Waals surface area contributed by atoms with Gasteiger partial charge >= 0.3 is 0 Å². The monoisotopic (exact) mass is 179 g/mol. The molecule has 1 unspecified atom stereocenters. The molecule has 1 atom stereocenters. The predicted molar refractivity (Wildman–Crippen MR) is 37.3 cm³/mol. The molecule has 0 aromatic rings. The van der Waals surface area contributed by atoms with Crippen LogP contribution in [-0.4, -0.2) is 29.9 Å². The minimum absolute atomic E-state index is 0.0359. The third-order valence-electron chi connectivity index (χ3n) is 1.13. The molecule has 0 fully saturated rings. The highest BCUT2D eigenvalue weighted by atomic mass is 32.2. The molecule has 2 N–H and O–H groups in total. The number of aliphatic hydroxyl groups excluding tert-OH is 1. The Labute approximate surface area is 65.0 Å². The van der Waals surface area contributed by atoms with Crippen LogP contribution in [0.1, 0.15) is 12.8 Å². The molecule has 0 aliphatic rings. The predicted octanol–water partition coefficient (Wildman–Crippen LogP) is -0.461. The minimum atomic E-state index is -4.26. The van der Waals surface area contributed by atoms with Crippen molar-refractivity contribution >= 4 is 10.1 Å². The standard InChI is InChI=1S/C5H9NO4S/c6-4-5(2-1-3-7)11(8,9)10/h5,7H,1-3H2,(H,8,9,10). The molecule has 0 aromatic carbocycles. The summed E-state index contributed by atoms with van der Waals surface area (Å²) in [6.07, 6.45) is 0.157. The largest absolute Gasteiger partial charge is 0.396 e. The van der Waals surface area contributed by atoms with Gasteiger partial charge in [-0.3, -0.25) is 4.55 Å². The highest BCUT2D eigenvalue weighted by molar-refractivity contribution is 7.86. The zero-order valence-corrected chi connectivity index (χ0v) is 6.58. The quantitative estimate of drug-likeness (QED) is 0.569. The zero-order chi connectivity index (χ0) is 8.91. The molecule has 0 aliphatic heterocycles. The van der Waals surface area contributed by atoms with Gasteiger partial charge in [-0.2, -0.15) is 13.7 Å². The second-order valence-electron chi connectivity index (χ2n) is 2.00. The van der Waals surface area contributed by atoms with Crippen LogP contribution in [-0.2, 0) is 10.1 Å². The normalized spacial score (nSPS) is 13.9. The van der Waals surface area contributed by atoms with E-state index in [0.29, 0.717) is 0 Å². The van der Waals surface area contributed by atoms with E-state index in [-0.39, 0.29) is 19.4 Å². The topological polar surface area (TPSA) is 98.4 Å². The Morgan fingerprint density at radius 3 is 2.36 bits per heavy atom. The first-order chi connectivity index (χ1) is 5.02. The number of hydrogen-bond donors (Lipinski definition) is 2. The maximum Gasteiger partial charge on any atom is 0.281 e. The fourth-order valence-corrected chi connectivity index (χ4v) is 1.15. The summed E-state index contributed by atoms with van der Waals surface area (Å²) in [4.78, 5) is 0. The number of rotatable bonds is 4. The van der Waals surface area contributed by atoms with E-state index in [1.54, 1.807) is 0 Å². The van der Waals surface area contributed by atoms with Crippen molar-refractivity contribution < 1.29 is 18.1 Å². The molecule has 0 aliphatic carbocycles. The summed E-state index contributed by atoms with van der Waals surface area (Å²) < 4.78 is 29.0.